The first kappa shape index (κ1) is 27.3. The molecule has 0 aliphatic carbocycles. The van der Waals surface area contributed by atoms with Crippen molar-refractivity contribution in [3.8, 4) is 22.9 Å². The van der Waals surface area contributed by atoms with Crippen LogP contribution in [0.15, 0.2) is 54.9 Å². The number of nitrogens with two attached hydrogens (primary N) is 2. The quantitative estimate of drug-likeness (QED) is 0.158. The number of ether oxygens (including phenoxy) is 2. The van der Waals surface area contributed by atoms with Gasteiger partial charge in [-0.25, -0.2) is 9.97 Å². The van der Waals surface area contributed by atoms with Gasteiger partial charge in [-0.1, -0.05) is 36.4 Å². The van der Waals surface area contributed by atoms with Gasteiger partial charge in [0, 0.05) is 6.54 Å². The third kappa shape index (κ3) is 5.16. The molecule has 40 heavy (non-hydrogen) atoms. The smallest absolute Gasteiger partial charge is 0.166 e. The van der Waals surface area contributed by atoms with Crippen molar-refractivity contribution in [2.24, 2.45) is 5.73 Å². The van der Waals surface area contributed by atoms with Crippen molar-refractivity contribution >= 4 is 22.7 Å². The van der Waals surface area contributed by atoms with E-state index in [0.29, 0.717) is 30.9 Å². The van der Waals surface area contributed by atoms with Crippen LogP contribution in [0.25, 0.3) is 22.2 Å². The van der Waals surface area contributed by atoms with E-state index in [1.165, 1.54) is 10.9 Å². The number of rotatable bonds is 10. The van der Waals surface area contributed by atoms with Crippen molar-refractivity contribution in [1.29, 1.82) is 5.26 Å². The lowest BCUT2D eigenvalue weighted by Gasteiger charge is -2.21. The number of hydrogen-bond donors (Lipinski definition) is 6. The molecule has 3 heterocycles. The molecule has 5 rings (SSSR count). The molecule has 2 aromatic heterocycles. The number of aliphatic hydroxyl groups is 3. The highest BCUT2D eigenvalue weighted by Crippen LogP contribution is 2.39. The fourth-order valence-electron chi connectivity index (χ4n) is 4.82. The third-order valence-corrected chi connectivity index (χ3v) is 6.89. The Kier molecular flexibility index (Phi) is 8.11. The maximum Gasteiger partial charge on any atom is 0.166 e. The number of anilines is 2. The predicted octanol–water partition coefficient (Wildman–Crippen LogP) is 1.50. The lowest BCUT2D eigenvalue weighted by Crippen LogP contribution is -2.33. The van der Waals surface area contributed by atoms with Gasteiger partial charge >= 0.3 is 0 Å². The second-order valence-electron chi connectivity index (χ2n) is 9.46. The van der Waals surface area contributed by atoms with Gasteiger partial charge in [0.2, 0.25) is 0 Å². The molecule has 1 fully saturated rings. The Morgan fingerprint density at radius 3 is 2.60 bits per heavy atom. The summed E-state index contributed by atoms with van der Waals surface area (Å²) in [6, 6.07) is 17.9. The lowest BCUT2D eigenvalue weighted by atomic mass is 10.0. The van der Waals surface area contributed by atoms with Crippen LogP contribution in [0, 0.1) is 11.3 Å². The first-order valence-corrected chi connectivity index (χ1v) is 12.9. The molecular formula is C28H31N7O5. The average molecular weight is 546 g/mol. The van der Waals surface area contributed by atoms with Crippen LogP contribution in [-0.2, 0) is 11.3 Å². The highest BCUT2D eigenvalue weighted by atomic mass is 16.6. The highest BCUT2D eigenvalue weighted by Gasteiger charge is 2.45. The van der Waals surface area contributed by atoms with E-state index in [0.717, 1.165) is 28.9 Å². The van der Waals surface area contributed by atoms with Gasteiger partial charge in [-0.15, -0.1) is 0 Å². The van der Waals surface area contributed by atoms with Gasteiger partial charge in [0.1, 0.15) is 53.7 Å². The predicted molar refractivity (Wildman–Crippen MR) is 148 cm³/mol. The van der Waals surface area contributed by atoms with Gasteiger partial charge in [-0.05, 0) is 41.8 Å². The Morgan fingerprint density at radius 2 is 1.90 bits per heavy atom. The third-order valence-electron chi connectivity index (χ3n) is 6.89. The topological polar surface area (TPSA) is 198 Å². The zero-order valence-electron chi connectivity index (χ0n) is 21.6. The van der Waals surface area contributed by atoms with Gasteiger partial charge in [0.25, 0.3) is 0 Å². The number of nitriles is 1. The second-order valence-corrected chi connectivity index (χ2v) is 9.46. The largest absolute Gasteiger partial charge is 0.494 e. The van der Waals surface area contributed by atoms with Gasteiger partial charge in [0.05, 0.1) is 18.6 Å². The molecule has 0 bridgehead atoms. The van der Waals surface area contributed by atoms with Crippen LogP contribution in [0.2, 0.25) is 0 Å². The fourth-order valence-corrected chi connectivity index (χ4v) is 4.82. The monoisotopic (exact) mass is 545 g/mol. The summed E-state index contributed by atoms with van der Waals surface area (Å²) in [7, 11) is 0. The number of nitrogen functional groups attached to an aromatic ring is 1. The number of nitrogens with zero attached hydrogens (tertiary/aromatic N) is 4. The Labute approximate surface area is 230 Å². The van der Waals surface area contributed by atoms with Crippen molar-refractivity contribution < 1.29 is 24.8 Å². The highest BCUT2D eigenvalue weighted by molar-refractivity contribution is 5.97. The molecule has 0 unspecified atom stereocenters. The molecule has 4 atom stereocenters. The molecular weight excluding hydrogens is 514 g/mol. The fraction of sp³-hybridized carbons (Fsp3) is 0.321. The van der Waals surface area contributed by atoms with Crippen LogP contribution < -0.4 is 21.5 Å². The Balaban J connectivity index is 1.42. The molecule has 12 nitrogen and oxygen atoms in total. The first-order chi connectivity index (χ1) is 19.5. The van der Waals surface area contributed by atoms with E-state index in [9.17, 15) is 20.6 Å². The minimum absolute atomic E-state index is 0.0914. The van der Waals surface area contributed by atoms with Crippen LogP contribution in [-0.4, -0.2) is 67.9 Å². The average Bonchev–Trinajstić information content (AvgIpc) is 3.45. The van der Waals surface area contributed by atoms with E-state index < -0.39 is 31.1 Å². The molecule has 0 saturated carbocycles. The van der Waals surface area contributed by atoms with Crippen molar-refractivity contribution in [1.82, 2.24) is 14.5 Å². The van der Waals surface area contributed by atoms with Crippen LogP contribution in [0.1, 0.15) is 23.8 Å². The number of benzene rings is 2. The summed E-state index contributed by atoms with van der Waals surface area (Å²) < 4.78 is 13.0. The van der Waals surface area contributed by atoms with Crippen molar-refractivity contribution in [3.63, 3.8) is 0 Å². The molecule has 12 heteroatoms. The SMILES string of the molecule is N#Cc1c(NCc2ccc(-c3cccc(OCCCN)c3)cc2)n([C@@H]2O[C@H](CO)[C@@H](O)[C@H]2O)c2ncnc(N)c12. The summed E-state index contributed by atoms with van der Waals surface area (Å²) in [4.78, 5) is 8.30. The zero-order valence-corrected chi connectivity index (χ0v) is 21.6. The van der Waals surface area contributed by atoms with E-state index in [4.69, 9.17) is 20.9 Å². The number of fused-ring (bicyclic) bond motifs is 1. The van der Waals surface area contributed by atoms with Crippen LogP contribution in [0.4, 0.5) is 11.6 Å². The molecule has 0 radical (unpaired) electrons. The van der Waals surface area contributed by atoms with Gasteiger partial charge < -0.3 is 41.6 Å². The number of aromatic nitrogens is 3. The molecule has 1 aliphatic heterocycles. The van der Waals surface area contributed by atoms with Crippen molar-refractivity contribution in [2.75, 3.05) is 30.8 Å². The van der Waals surface area contributed by atoms with Crippen LogP contribution in [0.3, 0.4) is 0 Å². The summed E-state index contributed by atoms with van der Waals surface area (Å²) in [5.74, 6) is 1.17. The first-order valence-electron chi connectivity index (χ1n) is 12.9. The molecule has 8 N–H and O–H groups in total. The second kappa shape index (κ2) is 11.9. The van der Waals surface area contributed by atoms with Crippen molar-refractivity contribution in [3.05, 3.63) is 66.0 Å². The minimum atomic E-state index is -1.38. The molecule has 0 spiro atoms. The van der Waals surface area contributed by atoms with Crippen molar-refractivity contribution in [2.45, 2.75) is 37.5 Å². The van der Waals surface area contributed by atoms with E-state index in [2.05, 4.69) is 21.4 Å². The van der Waals surface area contributed by atoms with Gasteiger partial charge in [-0.3, -0.25) is 4.57 Å². The standard InChI is InChI=1S/C28H31N7O5/c29-9-2-10-39-19-4-1-3-18(11-19)17-7-5-16(6-8-17)13-32-26-20(12-30)22-25(31)33-15-34-27(22)35(26)28-24(38)23(37)21(14-36)40-28/h1,3-8,11,15,21,23-24,28,32,36-38H,2,9-10,13-14,29H2,(H2,31,33,34)/t21-,23-,24-,28-/m1/s1. The van der Waals surface area contributed by atoms with Crippen LogP contribution in [0.5, 0.6) is 5.75 Å². The minimum Gasteiger partial charge on any atom is -0.494 e. The molecule has 2 aromatic carbocycles. The Hall–Kier alpha value is -4.25. The normalized spacial score (nSPS) is 20.5. The van der Waals surface area contributed by atoms with E-state index >= 15 is 0 Å². The summed E-state index contributed by atoms with van der Waals surface area (Å²) >= 11 is 0. The molecule has 1 saturated heterocycles. The molecule has 4 aromatic rings. The van der Waals surface area contributed by atoms with E-state index in [1.807, 2.05) is 48.5 Å². The summed E-state index contributed by atoms with van der Waals surface area (Å²) in [5.41, 5.74) is 15.0. The Morgan fingerprint density at radius 1 is 1.10 bits per heavy atom. The summed E-state index contributed by atoms with van der Waals surface area (Å²) in [5, 5.41) is 44.3. The maximum atomic E-state index is 10.7. The summed E-state index contributed by atoms with van der Waals surface area (Å²) in [6.45, 7) is 0.960. The Bertz CT molecular complexity index is 1520. The van der Waals surface area contributed by atoms with E-state index in [1.54, 1.807) is 0 Å². The lowest BCUT2D eigenvalue weighted by molar-refractivity contribution is -0.0499. The molecule has 0 amide bonds. The van der Waals surface area contributed by atoms with Crippen LogP contribution >= 0.6 is 0 Å². The molecule has 1 aliphatic rings. The summed E-state index contributed by atoms with van der Waals surface area (Å²) in [6.07, 6.45) is -2.82. The van der Waals surface area contributed by atoms with E-state index in [-0.39, 0.29) is 17.0 Å². The number of nitrogens with one attached hydrogen (secondary N) is 1. The van der Waals surface area contributed by atoms with Gasteiger partial charge in [-0.2, -0.15) is 5.26 Å². The number of hydrogen-bond acceptors (Lipinski definition) is 11. The maximum absolute atomic E-state index is 10.7. The number of aliphatic hydroxyl groups excluding tert-OH is 3. The zero-order chi connectivity index (χ0) is 28.2. The molecule has 208 valence electrons. The van der Waals surface area contributed by atoms with Gasteiger partial charge in [0.15, 0.2) is 11.9 Å².